The highest BCUT2D eigenvalue weighted by Crippen LogP contribution is 2.22. The van der Waals surface area contributed by atoms with Crippen LogP contribution in [0.25, 0.3) is 5.65 Å². The fourth-order valence-corrected chi connectivity index (χ4v) is 3.60. The monoisotopic (exact) mass is 391 g/mol. The smallest absolute Gasteiger partial charge is 0.268 e. The molecular weight excluding hydrogens is 374 g/mol. The minimum atomic E-state index is -0.283. The first-order valence-electron chi connectivity index (χ1n) is 8.62. The molecule has 0 spiro atoms. The minimum Gasteiger partial charge on any atom is -0.345 e. The lowest BCUT2D eigenvalue weighted by molar-refractivity contribution is 0.0950. The third-order valence-electron chi connectivity index (χ3n) is 4.34. The molecule has 0 atom stereocenters. The molecule has 0 unspecified atom stereocenters. The zero-order valence-electron chi connectivity index (χ0n) is 15.1. The van der Waals surface area contributed by atoms with Crippen LogP contribution in [0.3, 0.4) is 0 Å². The number of aromatic nitrogens is 3. The van der Waals surface area contributed by atoms with Crippen molar-refractivity contribution in [3.63, 3.8) is 0 Å². The molecule has 0 radical (unpaired) electrons. The Labute approximate surface area is 165 Å². The van der Waals surface area contributed by atoms with Gasteiger partial charge in [-0.3, -0.25) is 14.0 Å². The number of pyridine rings is 1. The zero-order chi connectivity index (χ0) is 19.5. The number of anilines is 1. The second-order valence-corrected chi connectivity index (χ2v) is 7.03. The van der Waals surface area contributed by atoms with Crippen LogP contribution >= 0.6 is 11.3 Å². The average molecular weight is 391 g/mol. The van der Waals surface area contributed by atoms with E-state index in [2.05, 4.69) is 15.5 Å². The highest BCUT2D eigenvalue weighted by molar-refractivity contribution is 7.12. The van der Waals surface area contributed by atoms with E-state index in [1.54, 1.807) is 37.4 Å². The number of rotatable bonds is 5. The maximum Gasteiger partial charge on any atom is 0.268 e. The minimum absolute atomic E-state index is 0.154. The number of hydrogen-bond acceptors (Lipinski definition) is 5. The van der Waals surface area contributed by atoms with Crippen LogP contribution < -0.4 is 10.2 Å². The summed E-state index contributed by atoms with van der Waals surface area (Å²) < 4.78 is 1.82. The fourth-order valence-electron chi connectivity index (χ4n) is 2.90. The highest BCUT2D eigenvalue weighted by atomic mass is 32.1. The van der Waals surface area contributed by atoms with Crippen molar-refractivity contribution in [2.24, 2.45) is 0 Å². The molecule has 7 nitrogen and oxygen atoms in total. The molecule has 1 N–H and O–H groups in total. The summed E-state index contributed by atoms with van der Waals surface area (Å²) in [4.78, 5) is 27.6. The van der Waals surface area contributed by atoms with E-state index < -0.39 is 0 Å². The summed E-state index contributed by atoms with van der Waals surface area (Å²) in [5, 5.41) is 12.9. The lowest BCUT2D eigenvalue weighted by Crippen LogP contribution is -2.30. The first-order valence-corrected chi connectivity index (χ1v) is 9.50. The normalized spacial score (nSPS) is 10.8. The molecular formula is C20H17N5O2S. The number of benzene rings is 1. The molecule has 4 aromatic rings. The molecule has 0 aliphatic heterocycles. The molecule has 0 aliphatic rings. The third kappa shape index (κ3) is 3.37. The molecule has 8 heteroatoms. The number of thiophene rings is 1. The Morgan fingerprint density at radius 3 is 2.71 bits per heavy atom. The number of amides is 2. The number of hydrogen-bond donors (Lipinski definition) is 1. The van der Waals surface area contributed by atoms with Crippen LogP contribution in [0.2, 0.25) is 0 Å². The topological polar surface area (TPSA) is 79.6 Å². The maximum atomic E-state index is 12.8. The van der Waals surface area contributed by atoms with E-state index in [0.717, 1.165) is 0 Å². The van der Waals surface area contributed by atoms with Crippen LogP contribution in [-0.4, -0.2) is 33.5 Å². The van der Waals surface area contributed by atoms with Crippen molar-refractivity contribution in [2.45, 2.75) is 6.54 Å². The number of para-hydroxylation sites is 1. The molecule has 0 aliphatic carbocycles. The molecule has 4 rings (SSSR count). The predicted molar refractivity (Wildman–Crippen MR) is 108 cm³/mol. The van der Waals surface area contributed by atoms with E-state index in [4.69, 9.17) is 0 Å². The van der Waals surface area contributed by atoms with Crippen molar-refractivity contribution in [1.29, 1.82) is 0 Å². The maximum absolute atomic E-state index is 12.8. The lowest BCUT2D eigenvalue weighted by Gasteiger charge is -2.19. The van der Waals surface area contributed by atoms with Gasteiger partial charge in [0, 0.05) is 13.2 Å². The summed E-state index contributed by atoms with van der Waals surface area (Å²) >= 11 is 1.37. The molecule has 0 saturated heterocycles. The fraction of sp³-hybridized carbons (Fsp3) is 0.100. The number of fused-ring (bicyclic) bond motifs is 1. The van der Waals surface area contributed by atoms with Gasteiger partial charge >= 0.3 is 0 Å². The SMILES string of the molecule is CN(C(=O)c1cccs1)c1ccccc1C(=O)NCc1nnc2ccccn12. The second kappa shape index (κ2) is 7.61. The number of nitrogens with one attached hydrogen (secondary N) is 1. The van der Waals surface area contributed by atoms with Crippen LogP contribution in [0, 0.1) is 0 Å². The Balaban J connectivity index is 1.54. The Morgan fingerprint density at radius 1 is 1.07 bits per heavy atom. The van der Waals surface area contributed by atoms with Crippen molar-refractivity contribution >= 4 is 34.5 Å². The Morgan fingerprint density at radius 2 is 1.89 bits per heavy atom. The average Bonchev–Trinajstić information content (AvgIpc) is 3.41. The van der Waals surface area contributed by atoms with E-state index in [0.29, 0.717) is 27.6 Å². The molecule has 0 fully saturated rings. The second-order valence-electron chi connectivity index (χ2n) is 6.09. The van der Waals surface area contributed by atoms with Crippen LogP contribution in [0.1, 0.15) is 25.9 Å². The lowest BCUT2D eigenvalue weighted by atomic mass is 10.1. The zero-order valence-corrected chi connectivity index (χ0v) is 15.9. The van der Waals surface area contributed by atoms with Gasteiger partial charge in [-0.25, -0.2) is 0 Å². The Kier molecular flexibility index (Phi) is 4.86. The molecule has 2 amide bonds. The van der Waals surface area contributed by atoms with Gasteiger partial charge < -0.3 is 10.2 Å². The van der Waals surface area contributed by atoms with Gasteiger partial charge in [0.1, 0.15) is 0 Å². The van der Waals surface area contributed by atoms with E-state index >= 15 is 0 Å². The van der Waals surface area contributed by atoms with E-state index in [1.807, 2.05) is 40.2 Å². The largest absolute Gasteiger partial charge is 0.345 e. The Hall–Kier alpha value is -3.52. The summed E-state index contributed by atoms with van der Waals surface area (Å²) in [6.07, 6.45) is 1.85. The van der Waals surface area contributed by atoms with E-state index in [9.17, 15) is 9.59 Å². The van der Waals surface area contributed by atoms with Gasteiger partial charge in [-0.05, 0) is 35.7 Å². The summed E-state index contributed by atoms with van der Waals surface area (Å²) in [7, 11) is 1.67. The van der Waals surface area contributed by atoms with Gasteiger partial charge in [0.25, 0.3) is 11.8 Å². The number of nitrogens with zero attached hydrogens (tertiary/aromatic N) is 4. The molecule has 1 aromatic carbocycles. The van der Waals surface area contributed by atoms with Crippen molar-refractivity contribution in [3.8, 4) is 0 Å². The first kappa shape index (κ1) is 17.9. The Bertz CT molecular complexity index is 1140. The van der Waals surface area contributed by atoms with Gasteiger partial charge in [-0.15, -0.1) is 21.5 Å². The standard InChI is InChI=1S/C20H17N5O2S/c1-24(20(27)16-9-6-12-28-16)15-8-3-2-7-14(15)19(26)21-13-18-23-22-17-10-4-5-11-25(17)18/h2-12H,13H2,1H3,(H,21,26). The number of carbonyl (C=O) groups is 2. The summed E-state index contributed by atoms with van der Waals surface area (Å²) in [5.41, 5.74) is 1.68. The van der Waals surface area contributed by atoms with Crippen molar-refractivity contribution in [1.82, 2.24) is 19.9 Å². The number of carbonyl (C=O) groups excluding carboxylic acids is 2. The molecule has 0 bridgehead atoms. The van der Waals surface area contributed by atoms with E-state index in [1.165, 1.54) is 16.2 Å². The highest BCUT2D eigenvalue weighted by Gasteiger charge is 2.20. The van der Waals surface area contributed by atoms with Crippen LogP contribution in [0.4, 0.5) is 5.69 Å². The molecule has 0 saturated carbocycles. The predicted octanol–water partition coefficient (Wildman–Crippen LogP) is 3.00. The van der Waals surface area contributed by atoms with Crippen molar-refractivity contribution < 1.29 is 9.59 Å². The molecule has 3 aromatic heterocycles. The van der Waals surface area contributed by atoms with Gasteiger partial charge in [0.15, 0.2) is 11.5 Å². The summed E-state index contributed by atoms with van der Waals surface area (Å²) in [5.74, 6) is 0.192. The van der Waals surface area contributed by atoms with Crippen LogP contribution in [-0.2, 0) is 6.54 Å². The van der Waals surface area contributed by atoms with Crippen molar-refractivity contribution in [3.05, 3.63) is 82.4 Å². The quantitative estimate of drug-likeness (QED) is 0.567. The summed E-state index contributed by atoms with van der Waals surface area (Å²) in [6.45, 7) is 0.223. The molecule has 140 valence electrons. The van der Waals surface area contributed by atoms with Crippen molar-refractivity contribution in [2.75, 3.05) is 11.9 Å². The van der Waals surface area contributed by atoms with Gasteiger partial charge in [-0.2, -0.15) is 0 Å². The summed E-state index contributed by atoms with van der Waals surface area (Å²) in [6, 6.07) is 16.2. The van der Waals surface area contributed by atoms with Gasteiger partial charge in [0.05, 0.1) is 22.7 Å². The van der Waals surface area contributed by atoms with Crippen LogP contribution in [0.5, 0.6) is 0 Å². The van der Waals surface area contributed by atoms with Crippen LogP contribution in [0.15, 0.2) is 66.2 Å². The molecule has 3 heterocycles. The third-order valence-corrected chi connectivity index (χ3v) is 5.20. The van der Waals surface area contributed by atoms with Gasteiger partial charge in [-0.1, -0.05) is 24.3 Å². The molecule has 28 heavy (non-hydrogen) atoms. The van der Waals surface area contributed by atoms with Gasteiger partial charge in [0.2, 0.25) is 0 Å². The van der Waals surface area contributed by atoms with E-state index in [-0.39, 0.29) is 18.4 Å². The first-order chi connectivity index (χ1) is 13.6.